The molecule has 1 aromatic carbocycles. The molecule has 0 bridgehead atoms. The van der Waals surface area contributed by atoms with E-state index in [1.165, 1.54) is 13.0 Å². The molecule has 0 fully saturated rings. The van der Waals surface area contributed by atoms with Crippen LogP contribution in [0, 0.1) is 0 Å². The van der Waals surface area contributed by atoms with Gasteiger partial charge in [-0.2, -0.15) is 18.2 Å². The molecule has 1 aromatic heterocycles. The largest absolute Gasteiger partial charge is 0.416 e. The molecule has 2 rings (SSSR count). The van der Waals surface area contributed by atoms with Gasteiger partial charge in [0.1, 0.15) is 6.10 Å². The Hall–Kier alpha value is -1.41. The number of aliphatic hydroxyl groups excluding tert-OH is 1. The number of aromatic nitrogens is 2. The van der Waals surface area contributed by atoms with Crippen LogP contribution in [-0.2, 0) is 6.18 Å². The average Bonchev–Trinajstić information content (AvgIpc) is 2.77. The van der Waals surface area contributed by atoms with E-state index in [2.05, 4.69) is 26.1 Å². The quantitative estimate of drug-likeness (QED) is 0.910. The van der Waals surface area contributed by atoms with Crippen molar-refractivity contribution in [3.8, 4) is 11.5 Å². The second-order valence-corrected chi connectivity index (χ2v) is 4.68. The molecule has 0 saturated heterocycles. The molecule has 19 heavy (non-hydrogen) atoms. The number of rotatable bonds is 2. The lowest BCUT2D eigenvalue weighted by Crippen LogP contribution is -2.04. The highest BCUT2D eigenvalue weighted by Gasteiger charge is 2.31. The Bertz CT molecular complexity index is 596. The summed E-state index contributed by atoms with van der Waals surface area (Å²) in [6.45, 7) is 1.43. The molecule has 0 spiro atoms. The minimum absolute atomic E-state index is 0.0133. The third-order valence-corrected chi connectivity index (χ3v) is 3.03. The molecule has 0 aliphatic rings. The number of hydrogen-bond donors (Lipinski definition) is 1. The SMILES string of the molecule is CC(O)c1noc(-c2cc(C(F)(F)F)ccc2Br)n1. The maximum Gasteiger partial charge on any atom is 0.416 e. The summed E-state index contributed by atoms with van der Waals surface area (Å²) >= 11 is 3.12. The molecule has 4 nitrogen and oxygen atoms in total. The highest BCUT2D eigenvalue weighted by Crippen LogP contribution is 2.35. The predicted molar refractivity (Wildman–Crippen MR) is 63.1 cm³/mol. The van der Waals surface area contributed by atoms with E-state index in [0.29, 0.717) is 4.47 Å². The molecule has 1 N–H and O–H groups in total. The first-order valence-corrected chi connectivity index (χ1v) is 5.97. The molecular weight excluding hydrogens is 329 g/mol. The summed E-state index contributed by atoms with van der Waals surface area (Å²) in [7, 11) is 0. The van der Waals surface area contributed by atoms with Crippen LogP contribution in [0.15, 0.2) is 27.2 Å². The van der Waals surface area contributed by atoms with E-state index in [0.717, 1.165) is 12.1 Å². The molecule has 0 radical (unpaired) electrons. The molecule has 0 aliphatic heterocycles. The summed E-state index contributed by atoms with van der Waals surface area (Å²) in [6.07, 6.45) is -5.41. The smallest absolute Gasteiger partial charge is 0.385 e. The Balaban J connectivity index is 2.48. The Labute approximate surface area is 114 Å². The number of hydrogen-bond acceptors (Lipinski definition) is 4. The van der Waals surface area contributed by atoms with E-state index in [9.17, 15) is 18.3 Å². The van der Waals surface area contributed by atoms with Crippen molar-refractivity contribution in [1.82, 2.24) is 10.1 Å². The van der Waals surface area contributed by atoms with E-state index in [-0.39, 0.29) is 17.3 Å². The summed E-state index contributed by atoms with van der Waals surface area (Å²) in [6, 6.07) is 3.10. The molecule has 2 aromatic rings. The predicted octanol–water partition coefficient (Wildman–Crippen LogP) is 3.57. The van der Waals surface area contributed by atoms with Gasteiger partial charge in [0, 0.05) is 4.47 Å². The molecule has 1 atom stereocenters. The van der Waals surface area contributed by atoms with Crippen LogP contribution < -0.4 is 0 Å². The van der Waals surface area contributed by atoms with Crippen LogP contribution >= 0.6 is 15.9 Å². The minimum Gasteiger partial charge on any atom is -0.385 e. The Morgan fingerprint density at radius 2 is 2.05 bits per heavy atom. The summed E-state index contributed by atoms with van der Waals surface area (Å²) in [5.41, 5.74) is -0.697. The van der Waals surface area contributed by atoms with E-state index in [1.54, 1.807) is 0 Å². The summed E-state index contributed by atoms with van der Waals surface area (Å²) in [5.74, 6) is -0.0758. The first kappa shape index (κ1) is 14.0. The first-order valence-electron chi connectivity index (χ1n) is 5.18. The van der Waals surface area contributed by atoms with Crippen LogP contribution in [0.4, 0.5) is 13.2 Å². The fourth-order valence-electron chi connectivity index (χ4n) is 1.38. The van der Waals surface area contributed by atoms with Crippen molar-refractivity contribution < 1.29 is 22.8 Å². The average molecular weight is 337 g/mol. The van der Waals surface area contributed by atoms with E-state index in [1.807, 2.05) is 0 Å². The lowest BCUT2D eigenvalue weighted by molar-refractivity contribution is -0.137. The van der Waals surface area contributed by atoms with Crippen molar-refractivity contribution in [3.05, 3.63) is 34.1 Å². The minimum atomic E-state index is -4.46. The third-order valence-electron chi connectivity index (χ3n) is 2.34. The van der Waals surface area contributed by atoms with Gasteiger partial charge in [-0.1, -0.05) is 5.16 Å². The van der Waals surface area contributed by atoms with Gasteiger partial charge in [-0.05, 0) is 41.1 Å². The van der Waals surface area contributed by atoms with Crippen molar-refractivity contribution in [2.75, 3.05) is 0 Å². The zero-order valence-corrected chi connectivity index (χ0v) is 11.2. The molecule has 0 amide bonds. The van der Waals surface area contributed by atoms with E-state index < -0.39 is 17.8 Å². The monoisotopic (exact) mass is 336 g/mol. The highest BCUT2D eigenvalue weighted by molar-refractivity contribution is 9.10. The summed E-state index contributed by atoms with van der Waals surface area (Å²) < 4.78 is 43.1. The summed E-state index contributed by atoms with van der Waals surface area (Å²) in [5, 5.41) is 12.7. The van der Waals surface area contributed by atoms with Crippen molar-refractivity contribution in [2.24, 2.45) is 0 Å². The van der Waals surface area contributed by atoms with Gasteiger partial charge in [-0.25, -0.2) is 0 Å². The van der Waals surface area contributed by atoms with Crippen LogP contribution in [-0.4, -0.2) is 15.2 Å². The molecule has 102 valence electrons. The van der Waals surface area contributed by atoms with Crippen molar-refractivity contribution in [3.63, 3.8) is 0 Å². The lowest BCUT2D eigenvalue weighted by Gasteiger charge is -2.08. The number of benzene rings is 1. The maximum absolute atomic E-state index is 12.6. The van der Waals surface area contributed by atoms with Crippen LogP contribution in [0.25, 0.3) is 11.5 Å². The van der Waals surface area contributed by atoms with Crippen molar-refractivity contribution >= 4 is 15.9 Å². The van der Waals surface area contributed by atoms with Crippen molar-refractivity contribution in [1.29, 1.82) is 0 Å². The maximum atomic E-state index is 12.6. The number of halogens is 4. The van der Waals surface area contributed by atoms with Crippen LogP contribution in [0.1, 0.15) is 24.4 Å². The zero-order valence-electron chi connectivity index (χ0n) is 9.57. The van der Waals surface area contributed by atoms with Gasteiger partial charge in [0.2, 0.25) is 0 Å². The second-order valence-electron chi connectivity index (χ2n) is 3.83. The van der Waals surface area contributed by atoms with Gasteiger partial charge in [0.15, 0.2) is 5.82 Å². The Morgan fingerprint density at radius 3 is 2.58 bits per heavy atom. The van der Waals surface area contributed by atoms with Gasteiger partial charge in [-0.3, -0.25) is 0 Å². The molecule has 0 aliphatic carbocycles. The fourth-order valence-corrected chi connectivity index (χ4v) is 1.80. The third kappa shape index (κ3) is 2.95. The van der Waals surface area contributed by atoms with Gasteiger partial charge >= 0.3 is 6.18 Å². The highest BCUT2D eigenvalue weighted by atomic mass is 79.9. The van der Waals surface area contributed by atoms with Crippen LogP contribution in [0.5, 0.6) is 0 Å². The van der Waals surface area contributed by atoms with Crippen LogP contribution in [0.3, 0.4) is 0 Å². The van der Waals surface area contributed by atoms with Gasteiger partial charge < -0.3 is 9.63 Å². The number of nitrogens with zero attached hydrogens (tertiary/aromatic N) is 2. The molecule has 8 heteroatoms. The Morgan fingerprint density at radius 1 is 1.37 bits per heavy atom. The zero-order chi connectivity index (χ0) is 14.2. The molecule has 1 unspecified atom stereocenters. The van der Waals surface area contributed by atoms with E-state index >= 15 is 0 Å². The topological polar surface area (TPSA) is 59.2 Å². The van der Waals surface area contributed by atoms with Gasteiger partial charge in [0.05, 0.1) is 11.1 Å². The first-order chi connectivity index (χ1) is 8.79. The second kappa shape index (κ2) is 4.93. The normalized spacial score (nSPS) is 13.6. The lowest BCUT2D eigenvalue weighted by atomic mass is 10.1. The molecule has 0 saturated carbocycles. The Kier molecular flexibility index (Phi) is 3.64. The summed E-state index contributed by atoms with van der Waals surface area (Å²) in [4.78, 5) is 3.84. The van der Waals surface area contributed by atoms with Crippen molar-refractivity contribution in [2.45, 2.75) is 19.2 Å². The van der Waals surface area contributed by atoms with Gasteiger partial charge in [0.25, 0.3) is 5.89 Å². The molecule has 1 heterocycles. The fraction of sp³-hybridized carbons (Fsp3) is 0.273. The van der Waals surface area contributed by atoms with E-state index in [4.69, 9.17) is 4.52 Å². The molecular formula is C11H8BrF3N2O2. The van der Waals surface area contributed by atoms with Gasteiger partial charge in [-0.15, -0.1) is 0 Å². The number of aliphatic hydroxyl groups is 1. The standard InChI is InChI=1S/C11H8BrF3N2O2/c1-5(18)9-16-10(19-17-9)7-4-6(11(13,14)15)2-3-8(7)12/h2-5,18H,1H3. The number of alkyl halides is 3. The van der Waals surface area contributed by atoms with Crippen LogP contribution in [0.2, 0.25) is 0 Å².